The Morgan fingerprint density at radius 3 is 2.66 bits per heavy atom. The number of aromatic nitrogens is 3. The molecule has 0 bridgehead atoms. The van der Waals surface area contributed by atoms with E-state index in [4.69, 9.17) is 14.2 Å². The van der Waals surface area contributed by atoms with Crippen molar-refractivity contribution in [2.75, 3.05) is 27.4 Å². The summed E-state index contributed by atoms with van der Waals surface area (Å²) < 4.78 is 17.8. The SMILES string of the molecule is COc1ccc(CN(C(=O)Cn2nnc3ccccc32)[C@@H](C(=O)NC[C@H]2CCCO2)c2ccc(O)c(OC)c2)cc1. The number of phenols is 1. The summed E-state index contributed by atoms with van der Waals surface area (Å²) in [6, 6.07) is 18.3. The lowest BCUT2D eigenvalue weighted by Crippen LogP contribution is -2.46. The van der Waals surface area contributed by atoms with E-state index in [1.165, 1.54) is 22.8 Å². The largest absolute Gasteiger partial charge is 0.504 e. The molecule has 41 heavy (non-hydrogen) atoms. The van der Waals surface area contributed by atoms with Gasteiger partial charge in [-0.2, -0.15) is 0 Å². The van der Waals surface area contributed by atoms with Crippen molar-refractivity contribution in [2.24, 2.45) is 0 Å². The van der Waals surface area contributed by atoms with Crippen LogP contribution >= 0.6 is 0 Å². The fourth-order valence-electron chi connectivity index (χ4n) is 4.96. The Labute approximate surface area is 237 Å². The number of nitrogens with one attached hydrogen (secondary N) is 1. The maximum Gasteiger partial charge on any atom is 0.247 e. The second-order valence-corrected chi connectivity index (χ2v) is 9.82. The summed E-state index contributed by atoms with van der Waals surface area (Å²) in [4.78, 5) is 29.5. The van der Waals surface area contributed by atoms with Crippen LogP contribution in [0.4, 0.5) is 0 Å². The molecule has 11 heteroatoms. The average molecular weight is 560 g/mol. The van der Waals surface area contributed by atoms with Crippen LogP contribution in [0.15, 0.2) is 66.7 Å². The van der Waals surface area contributed by atoms with E-state index in [9.17, 15) is 14.7 Å². The van der Waals surface area contributed by atoms with E-state index in [1.807, 2.05) is 36.4 Å². The number of methoxy groups -OCH3 is 2. The third-order valence-electron chi connectivity index (χ3n) is 7.15. The molecule has 1 fully saturated rings. The van der Waals surface area contributed by atoms with Gasteiger partial charge in [0.05, 0.1) is 25.8 Å². The van der Waals surface area contributed by atoms with Crippen molar-refractivity contribution >= 4 is 22.8 Å². The predicted molar refractivity (Wildman–Crippen MR) is 150 cm³/mol. The molecule has 0 radical (unpaired) electrons. The summed E-state index contributed by atoms with van der Waals surface area (Å²) >= 11 is 0. The van der Waals surface area contributed by atoms with Crippen molar-refractivity contribution in [3.63, 3.8) is 0 Å². The van der Waals surface area contributed by atoms with Gasteiger partial charge in [-0.3, -0.25) is 9.59 Å². The number of hydrogen-bond acceptors (Lipinski definition) is 8. The van der Waals surface area contributed by atoms with Gasteiger partial charge in [0.25, 0.3) is 0 Å². The van der Waals surface area contributed by atoms with E-state index in [0.717, 1.165) is 18.4 Å². The summed E-state index contributed by atoms with van der Waals surface area (Å²) in [5, 5.41) is 21.6. The van der Waals surface area contributed by atoms with Crippen molar-refractivity contribution < 1.29 is 28.9 Å². The number of carbonyl (C=O) groups excluding carboxylic acids is 2. The zero-order valence-electron chi connectivity index (χ0n) is 23.0. The van der Waals surface area contributed by atoms with Gasteiger partial charge in [-0.05, 0) is 60.4 Å². The van der Waals surface area contributed by atoms with Crippen LogP contribution < -0.4 is 14.8 Å². The number of amides is 2. The molecule has 1 aromatic heterocycles. The summed E-state index contributed by atoms with van der Waals surface area (Å²) in [5.41, 5.74) is 2.65. The number of benzene rings is 3. The minimum absolute atomic E-state index is 0.0723. The number of rotatable bonds is 11. The zero-order valence-corrected chi connectivity index (χ0v) is 23.0. The minimum atomic E-state index is -1.05. The van der Waals surface area contributed by atoms with Gasteiger partial charge in [-0.1, -0.05) is 35.5 Å². The van der Waals surface area contributed by atoms with Crippen molar-refractivity contribution in [2.45, 2.75) is 38.1 Å². The lowest BCUT2D eigenvalue weighted by molar-refractivity contribution is -0.142. The smallest absolute Gasteiger partial charge is 0.247 e. The Morgan fingerprint density at radius 1 is 1.12 bits per heavy atom. The monoisotopic (exact) mass is 559 g/mol. The van der Waals surface area contributed by atoms with Crippen molar-refractivity contribution in [3.05, 3.63) is 77.9 Å². The van der Waals surface area contributed by atoms with Gasteiger partial charge in [0.15, 0.2) is 11.5 Å². The van der Waals surface area contributed by atoms with Crippen molar-refractivity contribution in [1.29, 1.82) is 0 Å². The number of carbonyl (C=O) groups is 2. The Kier molecular flexibility index (Phi) is 8.64. The quantitative estimate of drug-likeness (QED) is 0.287. The average Bonchev–Trinajstić information content (AvgIpc) is 3.67. The van der Waals surface area contributed by atoms with Crippen LogP contribution in [0.3, 0.4) is 0 Å². The lowest BCUT2D eigenvalue weighted by Gasteiger charge is -2.32. The standard InChI is InChI=1S/C30H33N5O6/c1-39-22-12-9-20(10-13-22)18-34(28(37)19-35-25-8-4-3-7-24(25)32-33-35)29(21-11-14-26(36)27(16-21)40-2)30(38)31-17-23-6-5-15-41-23/h3-4,7-14,16,23,29,36H,5-6,15,17-19H2,1-2H3,(H,31,38)/t23-,29-/m1/s1. The number of phenolic OH excluding ortho intramolecular Hbond substituents is 1. The third kappa shape index (κ3) is 6.41. The maximum absolute atomic E-state index is 14.1. The van der Waals surface area contributed by atoms with E-state index in [0.29, 0.717) is 35.5 Å². The Morgan fingerprint density at radius 2 is 1.93 bits per heavy atom. The van der Waals surface area contributed by atoms with E-state index in [1.54, 1.807) is 31.4 Å². The molecule has 3 aromatic carbocycles. The summed E-state index contributed by atoms with van der Waals surface area (Å²) in [5.74, 6) is 0.0737. The molecule has 0 aliphatic carbocycles. The number of nitrogens with zero attached hydrogens (tertiary/aromatic N) is 4. The Balaban J connectivity index is 1.53. The molecule has 2 heterocycles. The Hall–Kier alpha value is -4.64. The first-order chi connectivity index (χ1) is 20.0. The second-order valence-electron chi connectivity index (χ2n) is 9.82. The zero-order chi connectivity index (χ0) is 28.8. The van der Waals surface area contributed by atoms with Gasteiger partial charge in [-0.15, -0.1) is 5.10 Å². The van der Waals surface area contributed by atoms with Crippen LogP contribution in [0, 0.1) is 0 Å². The topological polar surface area (TPSA) is 128 Å². The van der Waals surface area contributed by atoms with Gasteiger partial charge in [0, 0.05) is 19.7 Å². The van der Waals surface area contributed by atoms with Crippen LogP contribution in [0.25, 0.3) is 11.0 Å². The molecule has 2 amide bonds. The van der Waals surface area contributed by atoms with Gasteiger partial charge in [0.1, 0.15) is 23.9 Å². The van der Waals surface area contributed by atoms with E-state index >= 15 is 0 Å². The summed E-state index contributed by atoms with van der Waals surface area (Å²) in [7, 11) is 3.02. The highest BCUT2D eigenvalue weighted by Gasteiger charge is 2.33. The molecule has 1 aliphatic heterocycles. The highest BCUT2D eigenvalue weighted by Crippen LogP contribution is 2.33. The van der Waals surface area contributed by atoms with Crippen LogP contribution in [0.1, 0.15) is 30.0 Å². The second kappa shape index (κ2) is 12.7. The molecule has 2 N–H and O–H groups in total. The fourth-order valence-corrected chi connectivity index (χ4v) is 4.96. The number of ether oxygens (including phenoxy) is 3. The fraction of sp³-hybridized carbons (Fsp3) is 0.333. The van der Waals surface area contributed by atoms with Crippen LogP contribution in [-0.2, 0) is 27.4 Å². The molecule has 0 spiro atoms. The first kappa shape index (κ1) is 27.9. The molecule has 2 atom stereocenters. The molecule has 1 saturated heterocycles. The predicted octanol–water partition coefficient (Wildman–Crippen LogP) is 3.22. The molecule has 214 valence electrons. The molecular formula is C30H33N5O6. The lowest BCUT2D eigenvalue weighted by atomic mass is 10.0. The highest BCUT2D eigenvalue weighted by molar-refractivity contribution is 5.89. The molecule has 11 nitrogen and oxygen atoms in total. The first-order valence-corrected chi connectivity index (χ1v) is 13.4. The number of hydrogen-bond donors (Lipinski definition) is 2. The maximum atomic E-state index is 14.1. The van der Waals surface area contributed by atoms with Crippen LogP contribution in [0.2, 0.25) is 0 Å². The number of para-hydroxylation sites is 1. The van der Waals surface area contributed by atoms with Gasteiger partial charge in [-0.25, -0.2) is 4.68 Å². The van der Waals surface area contributed by atoms with Crippen LogP contribution in [-0.4, -0.2) is 70.3 Å². The molecule has 5 rings (SSSR count). The van der Waals surface area contributed by atoms with Crippen LogP contribution in [0.5, 0.6) is 17.2 Å². The summed E-state index contributed by atoms with van der Waals surface area (Å²) in [6.45, 7) is 0.966. The van der Waals surface area contributed by atoms with E-state index < -0.39 is 6.04 Å². The summed E-state index contributed by atoms with van der Waals surface area (Å²) in [6.07, 6.45) is 1.71. The Bertz CT molecular complexity index is 1500. The normalized spacial score (nSPS) is 15.4. The van der Waals surface area contributed by atoms with E-state index in [-0.39, 0.29) is 42.5 Å². The van der Waals surface area contributed by atoms with Gasteiger partial charge >= 0.3 is 0 Å². The third-order valence-corrected chi connectivity index (χ3v) is 7.15. The van der Waals surface area contributed by atoms with Gasteiger partial charge < -0.3 is 29.5 Å². The molecular weight excluding hydrogens is 526 g/mol. The van der Waals surface area contributed by atoms with Gasteiger partial charge in [0.2, 0.25) is 11.8 Å². The van der Waals surface area contributed by atoms with Crippen molar-refractivity contribution in [3.8, 4) is 17.2 Å². The minimum Gasteiger partial charge on any atom is -0.504 e. The first-order valence-electron chi connectivity index (χ1n) is 13.4. The molecule has 1 aliphatic rings. The number of fused-ring (bicyclic) bond motifs is 1. The highest BCUT2D eigenvalue weighted by atomic mass is 16.5. The molecule has 0 unspecified atom stereocenters. The van der Waals surface area contributed by atoms with E-state index in [2.05, 4.69) is 15.6 Å². The number of aromatic hydroxyl groups is 1. The van der Waals surface area contributed by atoms with Crippen molar-refractivity contribution in [1.82, 2.24) is 25.2 Å². The molecule has 4 aromatic rings. The molecule has 0 saturated carbocycles.